The van der Waals surface area contributed by atoms with Gasteiger partial charge in [0.2, 0.25) is 0 Å². The minimum Gasteiger partial charge on any atom is -0.434 e. The van der Waals surface area contributed by atoms with E-state index >= 15 is 0 Å². The third-order valence-corrected chi connectivity index (χ3v) is 2.78. The van der Waals surface area contributed by atoms with Crippen molar-refractivity contribution < 1.29 is 13.5 Å². The van der Waals surface area contributed by atoms with Crippen molar-refractivity contribution in [2.24, 2.45) is 0 Å². The fourth-order valence-electron chi connectivity index (χ4n) is 2.03. The molecular formula is C13H15F2N3O. The van der Waals surface area contributed by atoms with Crippen molar-refractivity contribution in [3.63, 3.8) is 0 Å². The van der Waals surface area contributed by atoms with Gasteiger partial charge in [-0.3, -0.25) is 5.10 Å². The highest BCUT2D eigenvalue weighted by atomic mass is 19.3. The van der Waals surface area contributed by atoms with Gasteiger partial charge in [-0.25, -0.2) is 0 Å². The lowest BCUT2D eigenvalue weighted by Crippen LogP contribution is -2.04. The maximum atomic E-state index is 12.4. The van der Waals surface area contributed by atoms with Gasteiger partial charge in [0.1, 0.15) is 11.6 Å². The van der Waals surface area contributed by atoms with E-state index in [1.165, 1.54) is 6.07 Å². The zero-order chi connectivity index (χ0) is 14.0. The summed E-state index contributed by atoms with van der Waals surface area (Å²) in [6.07, 6.45) is 0. The molecule has 1 aromatic carbocycles. The van der Waals surface area contributed by atoms with Crippen molar-refractivity contribution in [2.45, 2.75) is 26.4 Å². The van der Waals surface area contributed by atoms with Crippen LogP contribution in [0, 0.1) is 0 Å². The number of nitrogens with zero attached hydrogens (tertiary/aromatic N) is 1. The van der Waals surface area contributed by atoms with Gasteiger partial charge in [-0.2, -0.15) is 13.9 Å². The van der Waals surface area contributed by atoms with Crippen LogP contribution < -0.4 is 10.5 Å². The zero-order valence-electron chi connectivity index (χ0n) is 10.7. The summed E-state index contributed by atoms with van der Waals surface area (Å²) in [6.45, 7) is 1.05. The highest BCUT2D eigenvalue weighted by molar-refractivity contribution is 5.74. The summed E-state index contributed by atoms with van der Waals surface area (Å²) in [5.74, 6) is 0.591. The number of anilines is 1. The molecule has 3 N–H and O–H groups in total. The Hall–Kier alpha value is -2.11. The summed E-state index contributed by atoms with van der Waals surface area (Å²) in [6, 6.07) is 6.56. The van der Waals surface area contributed by atoms with Crippen LogP contribution >= 0.6 is 0 Å². The number of aromatic nitrogens is 2. The van der Waals surface area contributed by atoms with E-state index in [2.05, 4.69) is 14.9 Å². The van der Waals surface area contributed by atoms with Crippen LogP contribution in [0.15, 0.2) is 24.3 Å². The maximum absolute atomic E-state index is 12.4. The summed E-state index contributed by atoms with van der Waals surface area (Å²) < 4.78 is 29.3. The lowest BCUT2D eigenvalue weighted by Gasteiger charge is -2.12. The predicted octanol–water partition coefficient (Wildman–Crippen LogP) is 3.38. The smallest absolute Gasteiger partial charge is 0.387 e. The van der Waals surface area contributed by atoms with Crippen molar-refractivity contribution in [1.82, 2.24) is 10.2 Å². The number of benzene rings is 1. The second kappa shape index (κ2) is 5.26. The van der Waals surface area contributed by atoms with Crippen LogP contribution in [0.25, 0.3) is 11.3 Å². The Labute approximate surface area is 109 Å². The van der Waals surface area contributed by atoms with E-state index in [-0.39, 0.29) is 11.7 Å². The van der Waals surface area contributed by atoms with E-state index in [1.54, 1.807) is 18.2 Å². The minimum atomic E-state index is -2.87. The summed E-state index contributed by atoms with van der Waals surface area (Å²) in [5, 5.41) is 6.73. The van der Waals surface area contributed by atoms with Gasteiger partial charge in [-0.15, -0.1) is 0 Å². The number of aromatic amines is 1. The van der Waals surface area contributed by atoms with Gasteiger partial charge >= 0.3 is 6.61 Å². The lowest BCUT2D eigenvalue weighted by molar-refractivity contribution is -0.0494. The van der Waals surface area contributed by atoms with Crippen LogP contribution in [0.1, 0.15) is 25.3 Å². The van der Waals surface area contributed by atoms with Crippen molar-refractivity contribution in [1.29, 1.82) is 0 Å². The fraction of sp³-hybridized carbons (Fsp3) is 0.308. The summed E-state index contributed by atoms with van der Waals surface area (Å²) in [4.78, 5) is 0. The van der Waals surface area contributed by atoms with Crippen LogP contribution in [0.5, 0.6) is 5.75 Å². The lowest BCUT2D eigenvalue weighted by atomic mass is 9.98. The van der Waals surface area contributed by atoms with Gasteiger partial charge in [-0.05, 0) is 18.1 Å². The number of nitrogen functional groups attached to an aromatic ring is 1. The van der Waals surface area contributed by atoms with Crippen LogP contribution in [0.4, 0.5) is 14.6 Å². The molecule has 0 saturated carbocycles. The second-order valence-corrected chi connectivity index (χ2v) is 4.43. The van der Waals surface area contributed by atoms with E-state index < -0.39 is 6.61 Å². The van der Waals surface area contributed by atoms with Gasteiger partial charge in [-0.1, -0.05) is 26.0 Å². The number of ether oxygens (including phenoxy) is 1. The van der Waals surface area contributed by atoms with Crippen LogP contribution in [0.3, 0.4) is 0 Å². The summed E-state index contributed by atoms with van der Waals surface area (Å²) in [7, 11) is 0. The normalized spacial score (nSPS) is 11.3. The van der Waals surface area contributed by atoms with E-state index in [4.69, 9.17) is 5.73 Å². The molecule has 19 heavy (non-hydrogen) atoms. The van der Waals surface area contributed by atoms with Gasteiger partial charge in [0.25, 0.3) is 0 Å². The van der Waals surface area contributed by atoms with Gasteiger partial charge in [0.05, 0.1) is 5.69 Å². The first kappa shape index (κ1) is 13.3. The van der Waals surface area contributed by atoms with Crippen molar-refractivity contribution in [3.05, 3.63) is 29.8 Å². The number of hydrogen-bond donors (Lipinski definition) is 2. The second-order valence-electron chi connectivity index (χ2n) is 4.43. The Morgan fingerprint density at radius 1 is 1.26 bits per heavy atom. The molecule has 0 unspecified atom stereocenters. The molecule has 0 aliphatic carbocycles. The van der Waals surface area contributed by atoms with Gasteiger partial charge in [0.15, 0.2) is 0 Å². The molecule has 2 aromatic rings. The number of halogens is 2. The molecule has 0 bridgehead atoms. The predicted molar refractivity (Wildman–Crippen MR) is 69.2 cm³/mol. The molecule has 0 aliphatic heterocycles. The van der Waals surface area contributed by atoms with Gasteiger partial charge < -0.3 is 10.5 Å². The molecule has 0 atom stereocenters. The third kappa shape index (κ3) is 2.67. The molecule has 1 aromatic heterocycles. The number of nitrogens with two attached hydrogens (primary N) is 1. The number of H-pyrrole nitrogens is 1. The molecule has 0 fully saturated rings. The minimum absolute atomic E-state index is 0.100. The molecule has 6 heteroatoms. The Bertz CT molecular complexity index is 567. The Morgan fingerprint density at radius 2 is 1.95 bits per heavy atom. The van der Waals surface area contributed by atoms with E-state index in [1.807, 2.05) is 13.8 Å². The monoisotopic (exact) mass is 267 g/mol. The molecule has 0 spiro atoms. The summed E-state index contributed by atoms with van der Waals surface area (Å²) in [5.41, 5.74) is 7.73. The van der Waals surface area contributed by atoms with E-state index in [9.17, 15) is 8.78 Å². The number of nitrogens with one attached hydrogen (secondary N) is 1. The highest BCUT2D eigenvalue weighted by Gasteiger charge is 2.19. The molecule has 0 radical (unpaired) electrons. The third-order valence-electron chi connectivity index (χ3n) is 2.78. The zero-order valence-corrected chi connectivity index (χ0v) is 10.7. The van der Waals surface area contributed by atoms with Crippen LogP contribution in [-0.2, 0) is 0 Å². The first-order chi connectivity index (χ1) is 9.00. The molecule has 0 saturated heterocycles. The van der Waals surface area contributed by atoms with Crippen LogP contribution in [-0.4, -0.2) is 16.8 Å². The number of rotatable bonds is 4. The Kier molecular flexibility index (Phi) is 3.69. The molecule has 4 nitrogen and oxygen atoms in total. The maximum Gasteiger partial charge on any atom is 0.387 e. The summed E-state index contributed by atoms with van der Waals surface area (Å²) >= 11 is 0. The Balaban J connectivity index is 2.53. The number of para-hydroxylation sites is 1. The fourth-order valence-corrected chi connectivity index (χ4v) is 2.03. The average Bonchev–Trinajstić information content (AvgIpc) is 2.71. The largest absolute Gasteiger partial charge is 0.434 e. The first-order valence-corrected chi connectivity index (χ1v) is 5.88. The molecule has 102 valence electrons. The highest BCUT2D eigenvalue weighted by Crippen LogP contribution is 2.36. The van der Waals surface area contributed by atoms with Crippen molar-refractivity contribution in [3.8, 4) is 17.0 Å². The Morgan fingerprint density at radius 3 is 2.58 bits per heavy atom. The average molecular weight is 267 g/mol. The van der Waals surface area contributed by atoms with E-state index in [0.29, 0.717) is 17.1 Å². The van der Waals surface area contributed by atoms with Crippen molar-refractivity contribution in [2.75, 3.05) is 5.73 Å². The number of hydrogen-bond acceptors (Lipinski definition) is 3. The van der Waals surface area contributed by atoms with Gasteiger partial charge in [0, 0.05) is 11.1 Å². The van der Waals surface area contributed by atoms with E-state index in [0.717, 1.165) is 5.56 Å². The van der Waals surface area contributed by atoms with Crippen molar-refractivity contribution >= 4 is 5.82 Å². The van der Waals surface area contributed by atoms with Crippen LogP contribution in [0.2, 0.25) is 0 Å². The topological polar surface area (TPSA) is 63.9 Å². The standard InChI is InChI=1S/C13H15F2N3O/c1-7(2)10-11(17-18-12(10)16)8-5-3-4-6-9(8)19-13(14)15/h3-7,13H,1-2H3,(H3,16,17,18). The quantitative estimate of drug-likeness (QED) is 0.892. The molecular weight excluding hydrogens is 252 g/mol. The SMILES string of the molecule is CC(C)c1c(N)n[nH]c1-c1ccccc1OC(F)F. The molecule has 0 aliphatic rings. The molecule has 1 heterocycles. The molecule has 2 rings (SSSR count). The number of alkyl halides is 2. The first-order valence-electron chi connectivity index (χ1n) is 5.88. The molecule has 0 amide bonds.